The quantitative estimate of drug-likeness (QED) is 0.823. The van der Waals surface area contributed by atoms with Gasteiger partial charge in [0.1, 0.15) is 0 Å². The molecule has 0 spiro atoms. The maximum Gasteiger partial charge on any atom is 0.210 e. The highest BCUT2D eigenvalue weighted by Gasteiger charge is 2.08. The predicted octanol–water partition coefficient (Wildman–Crippen LogP) is 0.447. The molecule has 90 valence electrons. The maximum atomic E-state index is 10.7. The van der Waals surface area contributed by atoms with Gasteiger partial charge in [0.15, 0.2) is 11.0 Å². The number of sulfonamides is 1. The van der Waals surface area contributed by atoms with Crippen molar-refractivity contribution in [2.75, 3.05) is 17.6 Å². The summed E-state index contributed by atoms with van der Waals surface area (Å²) in [7, 11) is -3.46. The highest BCUT2D eigenvalue weighted by atomic mass is 35.5. The third-order valence-electron chi connectivity index (χ3n) is 2.14. The standard InChI is InChI=1S/C8H13ClN4O2S/c1-5-6(2)8(13-12-7(5)9)11-3-4-16(10,14)15/h3-4H2,1-2H3,(H,11,13)(H2,10,14,15). The van der Waals surface area contributed by atoms with E-state index < -0.39 is 10.0 Å². The molecule has 8 heteroatoms. The number of nitrogens with zero attached hydrogens (tertiary/aromatic N) is 2. The molecule has 0 aliphatic carbocycles. The number of hydrogen-bond acceptors (Lipinski definition) is 5. The lowest BCUT2D eigenvalue weighted by atomic mass is 10.2. The molecule has 0 fully saturated rings. The van der Waals surface area contributed by atoms with E-state index in [1.807, 2.05) is 13.8 Å². The van der Waals surface area contributed by atoms with Crippen LogP contribution in [0.3, 0.4) is 0 Å². The summed E-state index contributed by atoms with van der Waals surface area (Å²) >= 11 is 5.78. The van der Waals surface area contributed by atoms with Gasteiger partial charge in [0.05, 0.1) is 5.75 Å². The van der Waals surface area contributed by atoms with Crippen molar-refractivity contribution in [3.8, 4) is 0 Å². The monoisotopic (exact) mass is 264 g/mol. The lowest BCUT2D eigenvalue weighted by Gasteiger charge is -2.09. The third kappa shape index (κ3) is 3.58. The van der Waals surface area contributed by atoms with Gasteiger partial charge in [0.2, 0.25) is 10.0 Å². The zero-order valence-electron chi connectivity index (χ0n) is 8.99. The van der Waals surface area contributed by atoms with Crippen LogP contribution in [0.5, 0.6) is 0 Å². The van der Waals surface area contributed by atoms with E-state index in [0.29, 0.717) is 11.0 Å². The van der Waals surface area contributed by atoms with Crippen molar-refractivity contribution < 1.29 is 8.42 Å². The second-order valence-electron chi connectivity index (χ2n) is 3.38. The number of primary sulfonamides is 1. The lowest BCUT2D eigenvalue weighted by Crippen LogP contribution is -2.23. The van der Waals surface area contributed by atoms with Gasteiger partial charge in [-0.25, -0.2) is 13.6 Å². The maximum absolute atomic E-state index is 10.7. The van der Waals surface area contributed by atoms with Crippen LogP contribution in [0.2, 0.25) is 5.15 Å². The summed E-state index contributed by atoms with van der Waals surface area (Å²) in [5.74, 6) is 0.362. The first-order valence-electron chi connectivity index (χ1n) is 4.55. The summed E-state index contributed by atoms with van der Waals surface area (Å²) in [6.45, 7) is 3.84. The van der Waals surface area contributed by atoms with Crippen molar-refractivity contribution in [2.24, 2.45) is 5.14 Å². The van der Waals surface area contributed by atoms with Crippen LogP contribution in [0.25, 0.3) is 0 Å². The molecular formula is C8H13ClN4O2S. The molecule has 3 N–H and O–H groups in total. The van der Waals surface area contributed by atoms with Crippen LogP contribution >= 0.6 is 11.6 Å². The van der Waals surface area contributed by atoms with Gasteiger partial charge in [0, 0.05) is 6.54 Å². The number of nitrogens with two attached hydrogens (primary N) is 1. The topological polar surface area (TPSA) is 98.0 Å². The van der Waals surface area contributed by atoms with E-state index in [9.17, 15) is 8.42 Å². The van der Waals surface area contributed by atoms with E-state index in [1.54, 1.807) is 0 Å². The lowest BCUT2D eigenvalue weighted by molar-refractivity contribution is 0.598. The summed E-state index contributed by atoms with van der Waals surface area (Å²) in [5.41, 5.74) is 1.66. The summed E-state index contributed by atoms with van der Waals surface area (Å²) in [5, 5.41) is 15.6. The van der Waals surface area contributed by atoms with E-state index in [0.717, 1.165) is 11.1 Å². The Morgan fingerprint density at radius 2 is 1.94 bits per heavy atom. The molecule has 0 saturated heterocycles. The van der Waals surface area contributed by atoms with Crippen molar-refractivity contribution in [1.29, 1.82) is 0 Å². The van der Waals surface area contributed by atoms with E-state index in [-0.39, 0.29) is 12.3 Å². The van der Waals surface area contributed by atoms with Gasteiger partial charge in [-0.2, -0.15) is 0 Å². The molecule has 0 aliphatic heterocycles. The molecule has 0 aliphatic rings. The van der Waals surface area contributed by atoms with Gasteiger partial charge in [-0.3, -0.25) is 0 Å². The molecule has 0 saturated carbocycles. The van der Waals surface area contributed by atoms with Crippen molar-refractivity contribution in [3.63, 3.8) is 0 Å². The predicted molar refractivity (Wildman–Crippen MR) is 63.0 cm³/mol. The van der Waals surface area contributed by atoms with Crippen LogP contribution in [0, 0.1) is 13.8 Å². The second-order valence-corrected chi connectivity index (χ2v) is 5.48. The molecule has 16 heavy (non-hydrogen) atoms. The Morgan fingerprint density at radius 3 is 2.50 bits per heavy atom. The van der Waals surface area contributed by atoms with Crippen molar-refractivity contribution in [1.82, 2.24) is 10.2 Å². The molecule has 1 aromatic rings. The first kappa shape index (κ1) is 13.1. The Labute approximate surface area is 99.3 Å². The van der Waals surface area contributed by atoms with Crippen LogP contribution in [-0.4, -0.2) is 30.9 Å². The van der Waals surface area contributed by atoms with Gasteiger partial charge >= 0.3 is 0 Å². The fourth-order valence-electron chi connectivity index (χ4n) is 1.06. The number of hydrogen-bond donors (Lipinski definition) is 2. The average molecular weight is 265 g/mol. The summed E-state index contributed by atoms with van der Waals surface area (Å²) in [4.78, 5) is 0. The van der Waals surface area contributed by atoms with Gasteiger partial charge in [-0.1, -0.05) is 11.6 Å². The normalized spacial score (nSPS) is 11.5. The Kier molecular flexibility index (Phi) is 4.06. The van der Waals surface area contributed by atoms with Crippen LogP contribution in [0.4, 0.5) is 5.82 Å². The first-order valence-corrected chi connectivity index (χ1v) is 6.64. The van der Waals surface area contributed by atoms with Crippen molar-refractivity contribution >= 4 is 27.4 Å². The molecule has 0 atom stereocenters. The van der Waals surface area contributed by atoms with Crippen LogP contribution in [-0.2, 0) is 10.0 Å². The Balaban J connectivity index is 2.72. The molecule has 0 amide bonds. The molecule has 1 rings (SSSR count). The van der Waals surface area contributed by atoms with Crippen LogP contribution in [0.1, 0.15) is 11.1 Å². The van der Waals surface area contributed by atoms with E-state index in [2.05, 4.69) is 15.5 Å². The van der Waals surface area contributed by atoms with E-state index >= 15 is 0 Å². The molecule has 0 bridgehead atoms. The van der Waals surface area contributed by atoms with E-state index in [1.165, 1.54) is 0 Å². The number of halogens is 1. The zero-order chi connectivity index (χ0) is 12.3. The minimum atomic E-state index is -3.46. The van der Waals surface area contributed by atoms with Gasteiger partial charge < -0.3 is 5.32 Å². The average Bonchev–Trinajstić information content (AvgIpc) is 2.16. The van der Waals surface area contributed by atoms with Gasteiger partial charge in [0.25, 0.3) is 0 Å². The number of aromatic nitrogens is 2. The molecule has 1 aromatic heterocycles. The molecule has 0 aromatic carbocycles. The molecule has 0 radical (unpaired) electrons. The molecule has 1 heterocycles. The van der Waals surface area contributed by atoms with Crippen LogP contribution in [0.15, 0.2) is 0 Å². The molecule has 6 nitrogen and oxygen atoms in total. The first-order chi connectivity index (χ1) is 7.31. The number of anilines is 1. The van der Waals surface area contributed by atoms with Gasteiger partial charge in [-0.05, 0) is 25.0 Å². The fraction of sp³-hybridized carbons (Fsp3) is 0.500. The summed E-state index contributed by atoms with van der Waals surface area (Å²) in [6.07, 6.45) is 0. The summed E-state index contributed by atoms with van der Waals surface area (Å²) < 4.78 is 21.4. The fourth-order valence-corrected chi connectivity index (χ4v) is 1.62. The second kappa shape index (κ2) is 4.94. The van der Waals surface area contributed by atoms with E-state index in [4.69, 9.17) is 16.7 Å². The number of nitrogens with one attached hydrogen (secondary N) is 1. The van der Waals surface area contributed by atoms with Crippen molar-refractivity contribution in [2.45, 2.75) is 13.8 Å². The van der Waals surface area contributed by atoms with Crippen LogP contribution < -0.4 is 10.5 Å². The largest absolute Gasteiger partial charge is 0.367 e. The highest BCUT2D eigenvalue weighted by Crippen LogP contribution is 2.20. The number of rotatable bonds is 4. The third-order valence-corrected chi connectivity index (χ3v) is 3.28. The Hall–Kier alpha value is -0.920. The Bertz CT molecular complexity index is 489. The SMILES string of the molecule is Cc1c(Cl)nnc(NCCS(N)(=O)=O)c1C. The Morgan fingerprint density at radius 1 is 1.31 bits per heavy atom. The minimum absolute atomic E-state index is 0.157. The minimum Gasteiger partial charge on any atom is -0.367 e. The molecular weight excluding hydrogens is 252 g/mol. The molecule has 0 unspecified atom stereocenters. The summed E-state index contributed by atoms with van der Waals surface area (Å²) in [6, 6.07) is 0. The smallest absolute Gasteiger partial charge is 0.210 e. The highest BCUT2D eigenvalue weighted by molar-refractivity contribution is 7.89. The zero-order valence-corrected chi connectivity index (χ0v) is 10.6. The van der Waals surface area contributed by atoms with Crippen molar-refractivity contribution in [3.05, 3.63) is 16.3 Å². The van der Waals surface area contributed by atoms with Gasteiger partial charge in [-0.15, -0.1) is 10.2 Å².